The first kappa shape index (κ1) is 19.2. The van der Waals surface area contributed by atoms with Gasteiger partial charge < -0.3 is 5.11 Å². The highest BCUT2D eigenvalue weighted by Gasteiger charge is 2.34. The zero-order valence-electron chi connectivity index (χ0n) is 14.7. The Kier molecular flexibility index (Phi) is 4.87. The minimum absolute atomic E-state index is 0.0864. The number of hydrazone groups is 1. The molecule has 1 aliphatic heterocycles. The van der Waals surface area contributed by atoms with Crippen molar-refractivity contribution >= 4 is 31.4 Å². The molecule has 0 aliphatic carbocycles. The first-order valence-electron chi connectivity index (χ1n) is 7.97. The zero-order valence-corrected chi connectivity index (χ0v) is 16.3. The van der Waals surface area contributed by atoms with Crippen molar-refractivity contribution in [3.8, 4) is 5.75 Å². The molecule has 8 nitrogen and oxygen atoms in total. The van der Waals surface area contributed by atoms with Crippen molar-refractivity contribution in [1.82, 2.24) is 4.41 Å². The van der Waals surface area contributed by atoms with E-state index >= 15 is 0 Å². The highest BCUT2D eigenvalue weighted by Crippen LogP contribution is 2.35. The van der Waals surface area contributed by atoms with Crippen LogP contribution >= 0.6 is 0 Å². The summed E-state index contributed by atoms with van der Waals surface area (Å²) in [5.41, 5.74) is 2.22. The number of nitrogens with zero attached hydrogens (tertiary/aromatic N) is 2. The van der Waals surface area contributed by atoms with Gasteiger partial charge in [0.05, 0.1) is 24.3 Å². The number of phenolic OH excluding ortho intramolecular Hbond substituents is 1. The summed E-state index contributed by atoms with van der Waals surface area (Å²) in [6.07, 6.45) is 2.45. The van der Waals surface area contributed by atoms with Crippen LogP contribution < -0.4 is 4.72 Å². The van der Waals surface area contributed by atoms with Crippen molar-refractivity contribution in [1.29, 1.82) is 0 Å². The molecule has 0 saturated heterocycles. The van der Waals surface area contributed by atoms with Crippen molar-refractivity contribution in [3.05, 3.63) is 59.7 Å². The molecule has 2 aromatic rings. The average Bonchev–Trinajstić information content (AvgIpc) is 3.00. The molecular weight excluding hydrogens is 390 g/mol. The fourth-order valence-electron chi connectivity index (χ4n) is 2.89. The number of hydrogen-bond donors (Lipinski definition) is 2. The molecule has 1 heterocycles. The fourth-order valence-corrected chi connectivity index (χ4v) is 4.35. The standard InChI is InChI=1S/C17H19N3O5S2/c1-26(22,23)19-14-5-3-4-13(10-14)16-11-17(20(18-16)27(2,24)25)12-6-8-15(21)9-7-12/h3-10,17,19,21H,11H2,1-2H3/t17-/m0/s1. The topological polar surface area (TPSA) is 116 Å². The van der Waals surface area contributed by atoms with Crippen LogP contribution in [0, 0.1) is 0 Å². The molecule has 0 spiro atoms. The summed E-state index contributed by atoms with van der Waals surface area (Å²) in [6, 6.07) is 12.4. The van der Waals surface area contributed by atoms with Crippen LogP contribution in [0.25, 0.3) is 0 Å². The maximum atomic E-state index is 12.2. The molecule has 2 N–H and O–H groups in total. The number of rotatable bonds is 5. The summed E-state index contributed by atoms with van der Waals surface area (Å²) in [6.45, 7) is 0. The highest BCUT2D eigenvalue weighted by molar-refractivity contribution is 7.92. The van der Waals surface area contributed by atoms with E-state index < -0.39 is 26.1 Å². The molecule has 10 heteroatoms. The van der Waals surface area contributed by atoms with E-state index in [-0.39, 0.29) is 5.75 Å². The molecule has 1 aliphatic rings. The molecule has 1 atom stereocenters. The van der Waals surface area contributed by atoms with Crippen LogP contribution in [0.15, 0.2) is 53.6 Å². The van der Waals surface area contributed by atoms with Crippen molar-refractivity contribution in [2.75, 3.05) is 17.2 Å². The third-order valence-electron chi connectivity index (χ3n) is 3.99. The van der Waals surface area contributed by atoms with Crippen molar-refractivity contribution in [2.45, 2.75) is 12.5 Å². The second-order valence-electron chi connectivity index (χ2n) is 6.35. The molecule has 2 aromatic carbocycles. The van der Waals surface area contributed by atoms with Gasteiger partial charge in [0.25, 0.3) is 0 Å². The van der Waals surface area contributed by atoms with Gasteiger partial charge in [0.2, 0.25) is 20.0 Å². The summed E-state index contributed by atoms with van der Waals surface area (Å²) in [5.74, 6) is 0.0864. The summed E-state index contributed by atoms with van der Waals surface area (Å²) >= 11 is 0. The molecule has 0 bridgehead atoms. The van der Waals surface area contributed by atoms with Gasteiger partial charge in [-0.1, -0.05) is 24.3 Å². The Morgan fingerprint density at radius 3 is 2.33 bits per heavy atom. The largest absolute Gasteiger partial charge is 0.508 e. The molecule has 0 fully saturated rings. The summed E-state index contributed by atoms with van der Waals surface area (Å²) in [4.78, 5) is 0. The first-order valence-corrected chi connectivity index (χ1v) is 11.7. The fraction of sp³-hybridized carbons (Fsp3) is 0.235. The highest BCUT2D eigenvalue weighted by atomic mass is 32.2. The Bertz CT molecular complexity index is 1090. The first-order chi connectivity index (χ1) is 12.5. The van der Waals surface area contributed by atoms with E-state index in [1.54, 1.807) is 36.4 Å². The van der Waals surface area contributed by atoms with E-state index in [4.69, 9.17) is 0 Å². The quantitative estimate of drug-likeness (QED) is 0.782. The van der Waals surface area contributed by atoms with Gasteiger partial charge >= 0.3 is 0 Å². The maximum absolute atomic E-state index is 12.2. The van der Waals surface area contributed by atoms with Crippen LogP contribution in [0.5, 0.6) is 5.75 Å². The lowest BCUT2D eigenvalue weighted by Crippen LogP contribution is -2.25. The van der Waals surface area contributed by atoms with Crippen LogP contribution in [-0.2, 0) is 20.0 Å². The molecule has 0 aromatic heterocycles. The molecule has 144 valence electrons. The molecule has 0 amide bonds. The van der Waals surface area contributed by atoms with Crippen molar-refractivity contribution in [3.63, 3.8) is 0 Å². The number of phenols is 1. The van der Waals surface area contributed by atoms with E-state index in [2.05, 4.69) is 9.82 Å². The van der Waals surface area contributed by atoms with Crippen LogP contribution in [0.3, 0.4) is 0 Å². The molecule has 0 radical (unpaired) electrons. The lowest BCUT2D eigenvalue weighted by Gasteiger charge is -2.21. The Morgan fingerprint density at radius 2 is 1.74 bits per heavy atom. The van der Waals surface area contributed by atoms with Crippen LogP contribution in [-0.4, -0.2) is 44.6 Å². The molecule has 0 saturated carbocycles. The smallest absolute Gasteiger partial charge is 0.247 e. The molecular formula is C17H19N3O5S2. The van der Waals surface area contributed by atoms with E-state index in [9.17, 15) is 21.9 Å². The predicted octanol–water partition coefficient (Wildman–Crippen LogP) is 1.87. The van der Waals surface area contributed by atoms with Crippen molar-refractivity contribution < 1.29 is 21.9 Å². The SMILES string of the molecule is CS(=O)(=O)Nc1cccc(C2=NN(S(C)(=O)=O)[C@H](c3ccc(O)cc3)C2)c1. The van der Waals surface area contributed by atoms with Gasteiger partial charge in [-0.3, -0.25) is 4.72 Å². The third kappa shape index (κ3) is 4.58. The lowest BCUT2D eigenvalue weighted by molar-refractivity contribution is 0.374. The lowest BCUT2D eigenvalue weighted by atomic mass is 9.99. The average molecular weight is 409 g/mol. The van der Waals surface area contributed by atoms with E-state index in [0.29, 0.717) is 28.9 Å². The third-order valence-corrected chi connectivity index (χ3v) is 5.61. The van der Waals surface area contributed by atoms with E-state index in [0.717, 1.165) is 16.9 Å². The van der Waals surface area contributed by atoms with Gasteiger partial charge in [-0.2, -0.15) is 9.52 Å². The van der Waals surface area contributed by atoms with Gasteiger partial charge in [0.1, 0.15) is 5.75 Å². The van der Waals surface area contributed by atoms with E-state index in [1.807, 2.05) is 0 Å². The van der Waals surface area contributed by atoms with Gasteiger partial charge in [0, 0.05) is 12.1 Å². The van der Waals surface area contributed by atoms with Gasteiger partial charge in [-0.05, 0) is 35.4 Å². The minimum atomic E-state index is -3.62. The Balaban J connectivity index is 1.97. The number of anilines is 1. The molecule has 0 unspecified atom stereocenters. The maximum Gasteiger partial charge on any atom is 0.247 e. The number of benzene rings is 2. The zero-order chi connectivity index (χ0) is 19.8. The van der Waals surface area contributed by atoms with Gasteiger partial charge in [0.15, 0.2) is 0 Å². The normalized spacial score (nSPS) is 17.6. The second-order valence-corrected chi connectivity index (χ2v) is 9.94. The van der Waals surface area contributed by atoms with Crippen LogP contribution in [0.1, 0.15) is 23.6 Å². The minimum Gasteiger partial charge on any atom is -0.508 e. The number of nitrogens with one attached hydrogen (secondary N) is 1. The van der Waals surface area contributed by atoms with Gasteiger partial charge in [-0.15, -0.1) is 0 Å². The van der Waals surface area contributed by atoms with Gasteiger partial charge in [-0.25, -0.2) is 16.8 Å². The molecule has 3 rings (SSSR count). The van der Waals surface area contributed by atoms with Crippen LogP contribution in [0.4, 0.5) is 5.69 Å². The summed E-state index contributed by atoms with van der Waals surface area (Å²) in [5, 5.41) is 13.7. The van der Waals surface area contributed by atoms with Crippen LogP contribution in [0.2, 0.25) is 0 Å². The van der Waals surface area contributed by atoms with E-state index in [1.165, 1.54) is 12.1 Å². The predicted molar refractivity (Wildman–Crippen MR) is 104 cm³/mol. The Hall–Kier alpha value is -2.59. The number of sulfonamides is 2. The number of aromatic hydroxyl groups is 1. The second kappa shape index (κ2) is 6.86. The summed E-state index contributed by atoms with van der Waals surface area (Å²) < 4.78 is 50.7. The molecule has 27 heavy (non-hydrogen) atoms. The monoisotopic (exact) mass is 409 g/mol. The summed E-state index contributed by atoms with van der Waals surface area (Å²) in [7, 11) is -7.05. The van der Waals surface area contributed by atoms with Crippen molar-refractivity contribution in [2.24, 2.45) is 5.10 Å². The Morgan fingerprint density at radius 1 is 1.07 bits per heavy atom. The Labute approximate surface area is 158 Å². The number of hydrogen-bond acceptors (Lipinski definition) is 6.